The molecule has 3 atom stereocenters. The molecule has 1 aliphatic rings. The minimum absolute atomic E-state index is 0.249. The quantitative estimate of drug-likeness (QED) is 0.462. The minimum Gasteiger partial charge on any atom is -0.325 e. The Bertz CT molecular complexity index is 1170. The predicted molar refractivity (Wildman–Crippen MR) is 126 cm³/mol. The van der Waals surface area contributed by atoms with E-state index in [1.807, 2.05) is 37.7 Å². The van der Waals surface area contributed by atoms with Crippen molar-refractivity contribution >= 4 is 23.2 Å². The highest BCUT2D eigenvalue weighted by atomic mass is 35.5. The Hall–Kier alpha value is -2.84. The third-order valence-corrected chi connectivity index (χ3v) is 6.20. The smallest absolute Gasteiger partial charge is 0.325 e. The molecule has 1 aromatic heterocycles. The average molecular weight is 491 g/mol. The molecule has 180 valence electrons. The van der Waals surface area contributed by atoms with Crippen molar-refractivity contribution in [3.8, 4) is 0 Å². The van der Waals surface area contributed by atoms with E-state index in [1.54, 1.807) is 30.3 Å². The molecule has 0 aliphatic carbocycles. The third kappa shape index (κ3) is 5.28. The molecule has 0 saturated carbocycles. The predicted octanol–water partition coefficient (Wildman–Crippen LogP) is 6.14. The zero-order valence-electron chi connectivity index (χ0n) is 19.0. The molecule has 3 aromatic rings. The van der Waals surface area contributed by atoms with Crippen molar-refractivity contribution in [1.29, 1.82) is 0 Å². The largest absolute Gasteiger partial charge is 0.416 e. The Morgan fingerprint density at radius 3 is 2.44 bits per heavy atom. The van der Waals surface area contributed by atoms with Crippen molar-refractivity contribution in [1.82, 2.24) is 15.1 Å². The maximum atomic E-state index is 13.4. The van der Waals surface area contributed by atoms with Gasteiger partial charge in [0.15, 0.2) is 0 Å². The number of aromatic nitrogens is 2. The average Bonchev–Trinajstić information content (AvgIpc) is 3.42. The van der Waals surface area contributed by atoms with Crippen LogP contribution in [0.4, 0.5) is 18.9 Å². The van der Waals surface area contributed by atoms with Crippen LogP contribution in [-0.4, -0.2) is 21.7 Å². The van der Waals surface area contributed by atoms with E-state index >= 15 is 0 Å². The van der Waals surface area contributed by atoms with Gasteiger partial charge in [0.05, 0.1) is 22.8 Å². The summed E-state index contributed by atoms with van der Waals surface area (Å²) in [5, 5.41) is 11.4. The van der Waals surface area contributed by atoms with E-state index in [9.17, 15) is 18.0 Å². The molecule has 1 fully saturated rings. The van der Waals surface area contributed by atoms with Crippen LogP contribution in [0.1, 0.15) is 56.0 Å². The van der Waals surface area contributed by atoms with Gasteiger partial charge in [-0.25, -0.2) is 0 Å². The summed E-state index contributed by atoms with van der Waals surface area (Å²) >= 11 is 5.91. The molecule has 4 rings (SSSR count). The van der Waals surface area contributed by atoms with Crippen molar-refractivity contribution in [2.45, 2.75) is 56.9 Å². The van der Waals surface area contributed by atoms with Crippen molar-refractivity contribution < 1.29 is 18.0 Å². The standard InChI is InChI=1S/C25H26ClF3N4O/c1-24(2,3)33-12-11-20(32-33)19-14-21(23(34)30-18-9-7-17(26)8-10-18)31-22(19)15-5-4-6-16(13-15)25(27,28)29/h4-13,19,21-22,31H,14H2,1-3H3,(H,30,34)/t19-,21+,22+/m1/s1. The number of anilines is 1. The summed E-state index contributed by atoms with van der Waals surface area (Å²) in [6, 6.07) is 12.7. The van der Waals surface area contributed by atoms with Gasteiger partial charge in [-0.3, -0.25) is 14.8 Å². The number of carbonyl (C=O) groups is 1. The number of nitrogens with zero attached hydrogens (tertiary/aromatic N) is 2. The van der Waals surface area contributed by atoms with E-state index in [2.05, 4.69) is 10.6 Å². The van der Waals surface area contributed by atoms with Gasteiger partial charge in [-0.1, -0.05) is 23.7 Å². The van der Waals surface area contributed by atoms with Crippen molar-refractivity contribution in [2.75, 3.05) is 5.32 Å². The highest BCUT2D eigenvalue weighted by Gasteiger charge is 2.41. The first-order valence-corrected chi connectivity index (χ1v) is 11.4. The number of alkyl halides is 3. The summed E-state index contributed by atoms with van der Waals surface area (Å²) in [7, 11) is 0. The minimum atomic E-state index is -4.46. The number of halogens is 4. The highest BCUT2D eigenvalue weighted by Crippen LogP contribution is 2.41. The second-order valence-corrected chi connectivity index (χ2v) is 9.95. The van der Waals surface area contributed by atoms with Crippen LogP contribution in [-0.2, 0) is 16.5 Å². The molecule has 5 nitrogen and oxygen atoms in total. The normalized spacial score (nSPS) is 21.0. The number of hydrogen-bond donors (Lipinski definition) is 2. The Morgan fingerprint density at radius 1 is 1.12 bits per heavy atom. The Morgan fingerprint density at radius 2 is 1.82 bits per heavy atom. The summed E-state index contributed by atoms with van der Waals surface area (Å²) in [6.45, 7) is 6.05. The van der Waals surface area contributed by atoms with Crippen molar-refractivity contribution in [3.05, 3.63) is 82.6 Å². The van der Waals surface area contributed by atoms with Gasteiger partial charge in [-0.05, 0) is 75.2 Å². The lowest BCUT2D eigenvalue weighted by molar-refractivity contribution is -0.137. The number of nitrogens with one attached hydrogen (secondary N) is 2. The fourth-order valence-corrected chi connectivity index (χ4v) is 4.30. The fraction of sp³-hybridized carbons (Fsp3) is 0.360. The maximum Gasteiger partial charge on any atom is 0.416 e. The molecule has 2 heterocycles. The van der Waals surface area contributed by atoms with E-state index in [1.165, 1.54) is 6.07 Å². The molecule has 34 heavy (non-hydrogen) atoms. The first-order valence-electron chi connectivity index (χ1n) is 11.0. The summed E-state index contributed by atoms with van der Waals surface area (Å²) in [5.41, 5.74) is 0.812. The molecule has 2 N–H and O–H groups in total. The van der Waals surface area contributed by atoms with Crippen LogP contribution >= 0.6 is 11.6 Å². The first-order chi connectivity index (χ1) is 15.9. The molecule has 0 spiro atoms. The number of rotatable bonds is 4. The van der Waals surface area contributed by atoms with E-state index in [4.69, 9.17) is 16.7 Å². The molecule has 9 heteroatoms. The zero-order valence-corrected chi connectivity index (χ0v) is 19.8. The van der Waals surface area contributed by atoms with Crippen LogP contribution in [0.5, 0.6) is 0 Å². The van der Waals surface area contributed by atoms with Crippen LogP contribution in [0.2, 0.25) is 5.02 Å². The topological polar surface area (TPSA) is 59.0 Å². The van der Waals surface area contributed by atoms with E-state index < -0.39 is 23.8 Å². The highest BCUT2D eigenvalue weighted by molar-refractivity contribution is 6.30. The lowest BCUT2D eigenvalue weighted by Gasteiger charge is -2.21. The van der Waals surface area contributed by atoms with Crippen molar-refractivity contribution in [3.63, 3.8) is 0 Å². The Kier molecular flexibility index (Phi) is 6.48. The molecule has 1 aliphatic heterocycles. The first kappa shape index (κ1) is 24.3. The summed E-state index contributed by atoms with van der Waals surface area (Å²) < 4.78 is 42.0. The lowest BCUT2D eigenvalue weighted by Crippen LogP contribution is -2.36. The summed E-state index contributed by atoms with van der Waals surface area (Å²) in [5.74, 6) is -0.551. The van der Waals surface area contributed by atoms with Gasteiger partial charge < -0.3 is 5.32 Å². The number of amides is 1. The van der Waals surface area contributed by atoms with Gasteiger partial charge in [0.1, 0.15) is 0 Å². The van der Waals surface area contributed by atoms with Gasteiger partial charge in [-0.2, -0.15) is 18.3 Å². The molecular weight excluding hydrogens is 465 g/mol. The van der Waals surface area contributed by atoms with Gasteiger partial charge >= 0.3 is 6.18 Å². The molecule has 1 amide bonds. The van der Waals surface area contributed by atoms with Crippen molar-refractivity contribution in [2.24, 2.45) is 0 Å². The van der Waals surface area contributed by atoms with Crippen LogP contribution in [0.3, 0.4) is 0 Å². The molecule has 0 unspecified atom stereocenters. The number of carbonyl (C=O) groups excluding carboxylic acids is 1. The van der Waals surface area contributed by atoms with Crippen LogP contribution in [0.25, 0.3) is 0 Å². The maximum absolute atomic E-state index is 13.4. The van der Waals surface area contributed by atoms with Crippen LogP contribution in [0, 0.1) is 0 Å². The van der Waals surface area contributed by atoms with E-state index in [0.717, 1.165) is 17.8 Å². The number of benzene rings is 2. The SMILES string of the molecule is CC(C)(C)n1ccc([C@H]2C[C@@H](C(=O)Nc3ccc(Cl)cc3)N[C@H]2c2cccc(C(F)(F)F)c2)n1. The summed E-state index contributed by atoms with van der Waals surface area (Å²) in [4.78, 5) is 13.0. The van der Waals surface area contributed by atoms with E-state index in [0.29, 0.717) is 22.7 Å². The second kappa shape index (κ2) is 9.07. The molecule has 0 radical (unpaired) electrons. The van der Waals surface area contributed by atoms with Gasteiger partial charge in [0.25, 0.3) is 0 Å². The Balaban J connectivity index is 1.65. The van der Waals surface area contributed by atoms with Gasteiger partial charge in [0, 0.05) is 28.9 Å². The fourth-order valence-electron chi connectivity index (χ4n) is 4.17. The third-order valence-electron chi connectivity index (χ3n) is 5.95. The molecule has 1 saturated heterocycles. The molecular formula is C25H26ClF3N4O. The lowest BCUT2D eigenvalue weighted by atomic mass is 9.90. The monoisotopic (exact) mass is 490 g/mol. The van der Waals surface area contributed by atoms with Gasteiger partial charge in [-0.15, -0.1) is 0 Å². The number of hydrogen-bond acceptors (Lipinski definition) is 3. The second-order valence-electron chi connectivity index (χ2n) is 9.51. The molecule has 2 aromatic carbocycles. The molecule has 0 bridgehead atoms. The van der Waals surface area contributed by atoms with Crippen LogP contribution < -0.4 is 10.6 Å². The van der Waals surface area contributed by atoms with Crippen LogP contribution in [0.15, 0.2) is 60.8 Å². The Labute approximate surface area is 201 Å². The summed E-state index contributed by atoms with van der Waals surface area (Å²) in [6.07, 6.45) is -2.20. The van der Waals surface area contributed by atoms with Gasteiger partial charge in [0.2, 0.25) is 5.91 Å². The zero-order chi connectivity index (χ0) is 24.7. The van der Waals surface area contributed by atoms with E-state index in [-0.39, 0.29) is 17.4 Å².